The van der Waals surface area contributed by atoms with Gasteiger partial charge in [-0.1, -0.05) is 29.8 Å². The Bertz CT molecular complexity index is 781. The number of nitrogens with one attached hydrogen (secondary N) is 1. The number of aromatic nitrogens is 3. The summed E-state index contributed by atoms with van der Waals surface area (Å²) in [4.78, 5) is 5.56. The maximum absolute atomic E-state index is 5.98. The van der Waals surface area contributed by atoms with Crippen molar-refractivity contribution in [1.82, 2.24) is 14.8 Å². The first kappa shape index (κ1) is 13.6. The highest BCUT2D eigenvalue weighted by Gasteiger charge is 2.31. The van der Waals surface area contributed by atoms with Gasteiger partial charge < -0.3 is 11.1 Å². The van der Waals surface area contributed by atoms with Crippen LogP contribution in [0.1, 0.15) is 28.9 Å². The van der Waals surface area contributed by atoms with E-state index in [9.17, 15) is 0 Å². The van der Waals surface area contributed by atoms with Crippen LogP contribution < -0.4 is 11.1 Å². The van der Waals surface area contributed by atoms with Crippen LogP contribution in [0, 0.1) is 0 Å². The van der Waals surface area contributed by atoms with E-state index in [1.165, 1.54) is 10.4 Å². The molecule has 2 atom stereocenters. The van der Waals surface area contributed by atoms with Gasteiger partial charge in [0.2, 0.25) is 11.9 Å². The fourth-order valence-corrected chi connectivity index (χ4v) is 3.78. The molecule has 5 nitrogen and oxygen atoms in total. The summed E-state index contributed by atoms with van der Waals surface area (Å²) in [5.74, 6) is 1.00. The van der Waals surface area contributed by atoms with Crippen molar-refractivity contribution in [2.45, 2.75) is 18.5 Å². The molecular formula is C15H14ClN5S. The lowest BCUT2D eigenvalue weighted by molar-refractivity contribution is 0.437. The van der Waals surface area contributed by atoms with Crippen molar-refractivity contribution in [3.8, 4) is 0 Å². The maximum Gasteiger partial charge on any atom is 0.241 e. The minimum Gasteiger partial charge on any atom is -0.366 e. The Morgan fingerprint density at radius 1 is 1.27 bits per heavy atom. The van der Waals surface area contributed by atoms with Crippen molar-refractivity contribution in [2.75, 3.05) is 11.1 Å². The van der Waals surface area contributed by atoms with Crippen LogP contribution in [0.5, 0.6) is 0 Å². The summed E-state index contributed by atoms with van der Waals surface area (Å²) >= 11 is 7.71. The molecule has 3 N–H and O–H groups in total. The van der Waals surface area contributed by atoms with Crippen LogP contribution in [0.2, 0.25) is 5.02 Å². The van der Waals surface area contributed by atoms with E-state index in [2.05, 4.69) is 32.9 Å². The van der Waals surface area contributed by atoms with Crippen LogP contribution >= 0.6 is 22.9 Å². The second-order valence-corrected chi connectivity index (χ2v) is 6.67. The summed E-state index contributed by atoms with van der Waals surface area (Å²) in [6, 6.07) is 12.4. The number of nitrogens with two attached hydrogens (primary N) is 1. The normalized spacial score (nSPS) is 20.4. The van der Waals surface area contributed by atoms with E-state index < -0.39 is 0 Å². The Kier molecular flexibility index (Phi) is 3.28. The smallest absolute Gasteiger partial charge is 0.241 e. The zero-order valence-electron chi connectivity index (χ0n) is 11.6. The largest absolute Gasteiger partial charge is 0.366 e. The molecule has 0 amide bonds. The summed E-state index contributed by atoms with van der Waals surface area (Å²) in [5.41, 5.74) is 6.96. The van der Waals surface area contributed by atoms with Gasteiger partial charge in [-0.3, -0.25) is 0 Å². The van der Waals surface area contributed by atoms with Crippen LogP contribution in [0.3, 0.4) is 0 Å². The number of fused-ring (bicyclic) bond motifs is 1. The lowest BCUT2D eigenvalue weighted by Gasteiger charge is -2.30. The van der Waals surface area contributed by atoms with E-state index in [0.717, 1.165) is 11.4 Å². The van der Waals surface area contributed by atoms with Gasteiger partial charge in [0.25, 0.3) is 0 Å². The second kappa shape index (κ2) is 5.30. The number of nitrogen functional groups attached to an aromatic ring is 1. The van der Waals surface area contributed by atoms with Gasteiger partial charge in [-0.2, -0.15) is 4.98 Å². The average Bonchev–Trinajstić information content (AvgIpc) is 3.15. The number of hydrogen-bond acceptors (Lipinski definition) is 5. The standard InChI is InChI=1S/C15H14ClN5S/c16-10-5-3-9(4-6-10)11-8-12(13-2-1-7-22-13)21-15(18-11)19-14(17)20-21/h1-7,11-12H,8H2,(H3,17,18,19,20)/t11-,12+/m1/s1. The number of nitrogens with zero attached hydrogens (tertiary/aromatic N) is 3. The highest BCUT2D eigenvalue weighted by molar-refractivity contribution is 7.10. The van der Waals surface area contributed by atoms with Crippen molar-refractivity contribution in [3.63, 3.8) is 0 Å². The summed E-state index contributed by atoms with van der Waals surface area (Å²) in [6.45, 7) is 0. The first-order valence-electron chi connectivity index (χ1n) is 6.98. The number of anilines is 2. The maximum atomic E-state index is 5.98. The van der Waals surface area contributed by atoms with Gasteiger partial charge in [-0.15, -0.1) is 16.4 Å². The molecular weight excluding hydrogens is 318 g/mol. The molecule has 112 valence electrons. The van der Waals surface area contributed by atoms with Gasteiger partial charge in [0.15, 0.2) is 0 Å². The fraction of sp³-hybridized carbons (Fsp3) is 0.200. The molecule has 7 heteroatoms. The SMILES string of the molecule is Nc1nc2n(n1)[C@H](c1cccs1)C[C@H](c1ccc(Cl)cc1)N2. The highest BCUT2D eigenvalue weighted by atomic mass is 35.5. The number of hydrogen-bond donors (Lipinski definition) is 2. The molecule has 3 aromatic rings. The lowest BCUT2D eigenvalue weighted by atomic mass is 9.97. The van der Waals surface area contributed by atoms with E-state index in [1.807, 2.05) is 28.9 Å². The Hall–Kier alpha value is -2.05. The molecule has 0 saturated heterocycles. The minimum absolute atomic E-state index is 0.140. The Labute approximate surface area is 136 Å². The molecule has 4 rings (SSSR count). The lowest BCUT2D eigenvalue weighted by Crippen LogP contribution is -2.27. The van der Waals surface area contributed by atoms with Crippen LogP contribution in [0.4, 0.5) is 11.9 Å². The molecule has 1 aromatic carbocycles. The quantitative estimate of drug-likeness (QED) is 0.751. The van der Waals surface area contributed by atoms with Gasteiger partial charge in [0, 0.05) is 9.90 Å². The van der Waals surface area contributed by atoms with Crippen LogP contribution in [-0.4, -0.2) is 14.8 Å². The Morgan fingerprint density at radius 3 is 2.82 bits per heavy atom. The van der Waals surface area contributed by atoms with Gasteiger partial charge in [0.05, 0.1) is 12.1 Å². The Morgan fingerprint density at radius 2 is 2.09 bits per heavy atom. The van der Waals surface area contributed by atoms with Crippen LogP contribution in [-0.2, 0) is 0 Å². The van der Waals surface area contributed by atoms with Gasteiger partial charge in [-0.05, 0) is 35.6 Å². The van der Waals surface area contributed by atoms with E-state index in [4.69, 9.17) is 17.3 Å². The Balaban J connectivity index is 1.74. The molecule has 0 bridgehead atoms. The molecule has 2 aromatic heterocycles. The highest BCUT2D eigenvalue weighted by Crippen LogP contribution is 2.39. The molecule has 22 heavy (non-hydrogen) atoms. The number of rotatable bonds is 2. The van der Waals surface area contributed by atoms with E-state index in [1.54, 1.807) is 11.3 Å². The molecule has 0 fully saturated rings. The van der Waals surface area contributed by atoms with Gasteiger partial charge >= 0.3 is 0 Å². The topological polar surface area (TPSA) is 68.8 Å². The monoisotopic (exact) mass is 331 g/mol. The van der Waals surface area contributed by atoms with Crippen molar-refractivity contribution >= 4 is 34.8 Å². The third kappa shape index (κ3) is 2.34. The fourth-order valence-electron chi connectivity index (χ4n) is 2.83. The van der Waals surface area contributed by atoms with Crippen molar-refractivity contribution in [3.05, 3.63) is 57.2 Å². The average molecular weight is 332 g/mol. The molecule has 0 aliphatic carbocycles. The molecule has 3 heterocycles. The van der Waals surface area contributed by atoms with E-state index in [-0.39, 0.29) is 12.1 Å². The summed E-state index contributed by atoms with van der Waals surface area (Å²) in [5, 5.41) is 10.6. The number of thiophene rings is 1. The molecule has 1 aliphatic rings. The number of benzene rings is 1. The van der Waals surface area contributed by atoms with Crippen molar-refractivity contribution in [2.24, 2.45) is 0 Å². The van der Waals surface area contributed by atoms with Crippen molar-refractivity contribution < 1.29 is 0 Å². The van der Waals surface area contributed by atoms with Crippen molar-refractivity contribution in [1.29, 1.82) is 0 Å². The predicted octanol–water partition coefficient (Wildman–Crippen LogP) is 3.72. The molecule has 0 unspecified atom stereocenters. The summed E-state index contributed by atoms with van der Waals surface area (Å²) < 4.78 is 1.88. The molecule has 1 aliphatic heterocycles. The first-order chi connectivity index (χ1) is 10.7. The first-order valence-corrected chi connectivity index (χ1v) is 8.24. The van der Waals surface area contributed by atoms with Crippen LogP contribution in [0.15, 0.2) is 41.8 Å². The third-order valence-electron chi connectivity index (χ3n) is 3.85. The van der Waals surface area contributed by atoms with Crippen LogP contribution in [0.25, 0.3) is 0 Å². The molecule has 0 spiro atoms. The van der Waals surface area contributed by atoms with Gasteiger partial charge in [0.1, 0.15) is 0 Å². The minimum atomic E-state index is 0.140. The molecule has 0 radical (unpaired) electrons. The summed E-state index contributed by atoms with van der Waals surface area (Å²) in [7, 11) is 0. The molecule has 0 saturated carbocycles. The predicted molar refractivity (Wildman–Crippen MR) is 89.3 cm³/mol. The zero-order valence-corrected chi connectivity index (χ0v) is 13.2. The second-order valence-electron chi connectivity index (χ2n) is 5.25. The van der Waals surface area contributed by atoms with E-state index in [0.29, 0.717) is 11.9 Å². The number of halogens is 1. The summed E-state index contributed by atoms with van der Waals surface area (Å²) in [6.07, 6.45) is 0.887. The van der Waals surface area contributed by atoms with E-state index >= 15 is 0 Å². The zero-order chi connectivity index (χ0) is 15.1. The van der Waals surface area contributed by atoms with Gasteiger partial charge in [-0.25, -0.2) is 4.68 Å². The third-order valence-corrected chi connectivity index (χ3v) is 5.07.